The van der Waals surface area contributed by atoms with Gasteiger partial charge in [-0.1, -0.05) is 41.9 Å². The molecule has 2 aromatic carbocycles. The minimum atomic E-state index is -6.00. The fourth-order valence-corrected chi connectivity index (χ4v) is 6.25. The lowest BCUT2D eigenvalue weighted by Gasteiger charge is -2.43. The van der Waals surface area contributed by atoms with Crippen LogP contribution in [0.3, 0.4) is 0 Å². The summed E-state index contributed by atoms with van der Waals surface area (Å²) in [6, 6.07) is 11.5. The van der Waals surface area contributed by atoms with Crippen LogP contribution < -0.4 is 10.6 Å². The van der Waals surface area contributed by atoms with Crippen molar-refractivity contribution in [2.45, 2.75) is 49.7 Å². The van der Waals surface area contributed by atoms with Crippen LogP contribution >= 0.6 is 11.6 Å². The highest BCUT2D eigenvalue weighted by molar-refractivity contribution is 6.34. The first-order valence-corrected chi connectivity index (χ1v) is 14.4. The van der Waals surface area contributed by atoms with Crippen LogP contribution in [0.25, 0.3) is 0 Å². The molecular weight excluding hydrogens is 579 g/mol. The quantitative estimate of drug-likeness (QED) is 0.392. The third-order valence-corrected chi connectivity index (χ3v) is 8.87. The Bertz CT molecular complexity index is 1260. The van der Waals surface area contributed by atoms with Gasteiger partial charge in [0.2, 0.25) is 0 Å². The van der Waals surface area contributed by atoms with Crippen molar-refractivity contribution in [2.75, 3.05) is 45.2 Å². The van der Waals surface area contributed by atoms with E-state index in [4.69, 9.17) is 17.3 Å². The van der Waals surface area contributed by atoms with Crippen LogP contribution in [-0.2, 0) is 10.3 Å². The zero-order valence-electron chi connectivity index (χ0n) is 23.6. The number of amides is 2. The Kier molecular flexibility index (Phi) is 9.42. The first-order chi connectivity index (χ1) is 19.7. The summed E-state index contributed by atoms with van der Waals surface area (Å²) >= 11 is 6.38. The Balaban J connectivity index is 1.34. The van der Waals surface area contributed by atoms with E-state index in [1.165, 1.54) is 23.1 Å². The lowest BCUT2D eigenvalue weighted by atomic mass is 9.80. The van der Waals surface area contributed by atoms with Gasteiger partial charge in [-0.25, -0.2) is 0 Å². The highest BCUT2D eigenvalue weighted by atomic mass is 35.5. The van der Waals surface area contributed by atoms with E-state index in [1.807, 2.05) is 6.07 Å². The Hall–Kier alpha value is -2.92. The van der Waals surface area contributed by atoms with Gasteiger partial charge in [-0.15, -0.1) is 0 Å². The topological polar surface area (TPSA) is 69.9 Å². The smallest absolute Gasteiger partial charge is 0.371 e. The van der Waals surface area contributed by atoms with E-state index < -0.39 is 29.1 Å². The van der Waals surface area contributed by atoms with E-state index in [-0.39, 0.29) is 24.9 Å². The van der Waals surface area contributed by atoms with Gasteiger partial charge < -0.3 is 20.4 Å². The van der Waals surface area contributed by atoms with E-state index in [0.29, 0.717) is 29.3 Å². The number of carbonyl (C=O) groups excluding carboxylic acids is 2. The SMILES string of the molecule is CN(C)C(=O)c1ccc(N2CCC(CC3CCN(C(=O)C(N)(c4ccccc4)C(F)(F)C(F)(F)F)CC3)CC2)cc1Cl. The molecule has 2 heterocycles. The van der Waals surface area contributed by atoms with Crippen molar-refractivity contribution in [1.29, 1.82) is 0 Å². The number of piperidine rings is 2. The Morgan fingerprint density at radius 1 is 0.905 bits per heavy atom. The minimum absolute atomic E-state index is 0.0680. The van der Waals surface area contributed by atoms with Crippen molar-refractivity contribution in [1.82, 2.24) is 9.80 Å². The molecule has 2 fully saturated rings. The summed E-state index contributed by atoms with van der Waals surface area (Å²) < 4.78 is 70.0. The zero-order valence-corrected chi connectivity index (χ0v) is 24.4. The summed E-state index contributed by atoms with van der Waals surface area (Å²) in [5.41, 5.74) is 3.01. The number of hydrogen-bond acceptors (Lipinski definition) is 4. The third kappa shape index (κ3) is 6.22. The van der Waals surface area contributed by atoms with Crippen LogP contribution in [-0.4, -0.2) is 74.0 Å². The van der Waals surface area contributed by atoms with Crippen molar-refractivity contribution in [2.24, 2.45) is 17.6 Å². The number of rotatable bonds is 7. The maximum absolute atomic E-state index is 14.8. The largest absolute Gasteiger partial charge is 0.456 e. The fraction of sp³-hybridized carbons (Fsp3) is 0.533. The summed E-state index contributed by atoms with van der Waals surface area (Å²) in [7, 11) is 3.34. The molecular formula is C30H36ClF5N4O2. The van der Waals surface area contributed by atoms with Gasteiger partial charge in [-0.2, -0.15) is 22.0 Å². The predicted octanol–water partition coefficient (Wildman–Crippen LogP) is 5.94. The summed E-state index contributed by atoms with van der Waals surface area (Å²) in [6.45, 7) is 1.74. The second-order valence-corrected chi connectivity index (χ2v) is 11.9. The lowest BCUT2D eigenvalue weighted by molar-refractivity contribution is -0.306. The normalized spacial score (nSPS) is 19.0. The van der Waals surface area contributed by atoms with E-state index >= 15 is 0 Å². The van der Waals surface area contributed by atoms with Gasteiger partial charge in [-0.05, 0) is 67.7 Å². The van der Waals surface area contributed by atoms with Crippen molar-refractivity contribution in [3.8, 4) is 0 Å². The van der Waals surface area contributed by atoms with Gasteiger partial charge in [0.25, 0.3) is 11.8 Å². The molecule has 1 unspecified atom stereocenters. The molecule has 2 aliphatic heterocycles. The average molecular weight is 615 g/mol. The van der Waals surface area contributed by atoms with Gasteiger partial charge in [-0.3, -0.25) is 9.59 Å². The number of likely N-dealkylation sites (tertiary alicyclic amines) is 1. The molecule has 0 spiro atoms. The average Bonchev–Trinajstić information content (AvgIpc) is 2.96. The second-order valence-electron chi connectivity index (χ2n) is 11.5. The first kappa shape index (κ1) is 32.0. The van der Waals surface area contributed by atoms with Crippen LogP contribution in [0.15, 0.2) is 48.5 Å². The molecule has 0 aliphatic carbocycles. The van der Waals surface area contributed by atoms with Gasteiger partial charge in [0, 0.05) is 46.0 Å². The molecule has 2 aliphatic rings. The molecule has 12 heteroatoms. The molecule has 230 valence electrons. The third-order valence-electron chi connectivity index (χ3n) is 8.56. The van der Waals surface area contributed by atoms with Crippen LogP contribution in [0.1, 0.15) is 48.0 Å². The van der Waals surface area contributed by atoms with Crippen molar-refractivity contribution >= 4 is 29.1 Å². The molecule has 2 aromatic rings. The number of benzene rings is 2. The standard InChI is InChI=1S/C30H36ClF5N4O2/c1-38(2)26(41)24-9-8-23(19-25(24)31)39-14-10-20(11-15-39)18-21-12-16-40(17-13-21)27(42)28(37,22-6-4-3-5-7-22)29(32,33)30(34,35)36/h3-9,19-21H,10-18,37H2,1-2H3. The van der Waals surface area contributed by atoms with Crippen LogP contribution in [0.4, 0.5) is 27.6 Å². The molecule has 2 amide bonds. The first-order valence-electron chi connectivity index (χ1n) is 14.0. The zero-order chi connectivity index (χ0) is 30.9. The van der Waals surface area contributed by atoms with Crippen molar-refractivity contribution < 1.29 is 31.5 Å². The predicted molar refractivity (Wildman–Crippen MR) is 152 cm³/mol. The van der Waals surface area contributed by atoms with Gasteiger partial charge in [0.1, 0.15) is 0 Å². The van der Waals surface area contributed by atoms with E-state index in [2.05, 4.69) is 4.90 Å². The van der Waals surface area contributed by atoms with Crippen LogP contribution in [0, 0.1) is 11.8 Å². The molecule has 2 N–H and O–H groups in total. The molecule has 4 rings (SSSR count). The molecule has 6 nitrogen and oxygen atoms in total. The number of anilines is 1. The fourth-order valence-electron chi connectivity index (χ4n) is 6.00. The number of hydrogen-bond donors (Lipinski definition) is 1. The lowest BCUT2D eigenvalue weighted by Crippen LogP contribution is -2.68. The summed E-state index contributed by atoms with van der Waals surface area (Å²) in [6.07, 6.45) is -2.26. The van der Waals surface area contributed by atoms with Crippen molar-refractivity contribution in [3.05, 3.63) is 64.7 Å². The monoisotopic (exact) mass is 614 g/mol. The Morgan fingerprint density at radius 3 is 1.95 bits per heavy atom. The van der Waals surface area contributed by atoms with Crippen LogP contribution in [0.2, 0.25) is 5.02 Å². The number of halogens is 6. The van der Waals surface area contributed by atoms with Gasteiger partial charge >= 0.3 is 12.1 Å². The molecule has 2 saturated heterocycles. The maximum Gasteiger partial charge on any atom is 0.456 e. The van der Waals surface area contributed by atoms with Gasteiger partial charge in [0.05, 0.1) is 10.6 Å². The van der Waals surface area contributed by atoms with E-state index in [0.717, 1.165) is 55.1 Å². The summed E-state index contributed by atoms with van der Waals surface area (Å²) in [5, 5.41) is 0.399. The second kappa shape index (κ2) is 12.4. The molecule has 0 aromatic heterocycles. The molecule has 0 bridgehead atoms. The number of carbonyl (C=O) groups is 2. The molecule has 42 heavy (non-hydrogen) atoms. The summed E-state index contributed by atoms with van der Waals surface area (Å²) in [4.78, 5) is 30.3. The molecule has 0 radical (unpaired) electrons. The maximum atomic E-state index is 14.8. The minimum Gasteiger partial charge on any atom is -0.371 e. The molecule has 0 saturated carbocycles. The van der Waals surface area contributed by atoms with E-state index in [1.54, 1.807) is 26.2 Å². The van der Waals surface area contributed by atoms with E-state index in [9.17, 15) is 31.5 Å². The number of nitrogens with zero attached hydrogens (tertiary/aromatic N) is 3. The molecule has 1 atom stereocenters. The highest BCUT2D eigenvalue weighted by Crippen LogP contribution is 2.48. The number of alkyl halides is 5. The Morgan fingerprint density at radius 2 is 1.45 bits per heavy atom. The Labute approximate surface area is 247 Å². The number of nitrogens with two attached hydrogens (primary N) is 1. The highest BCUT2D eigenvalue weighted by Gasteiger charge is 2.73. The van der Waals surface area contributed by atoms with Gasteiger partial charge in [0.15, 0.2) is 5.54 Å². The van der Waals surface area contributed by atoms with Crippen molar-refractivity contribution in [3.63, 3.8) is 0 Å². The summed E-state index contributed by atoms with van der Waals surface area (Å²) in [5.74, 6) is -6.39. The van der Waals surface area contributed by atoms with Crippen LogP contribution in [0.5, 0.6) is 0 Å².